The first-order valence-electron chi connectivity index (χ1n) is 8.87. The lowest BCUT2D eigenvalue weighted by Gasteiger charge is -2.14. The molecule has 3 nitrogen and oxygen atoms in total. The van der Waals surface area contributed by atoms with E-state index in [2.05, 4.69) is 21.2 Å². The number of rotatable bonds is 8. The molecule has 0 heterocycles. The Morgan fingerprint density at radius 3 is 2.29 bits per heavy atom. The van der Waals surface area contributed by atoms with Crippen LogP contribution in [-0.2, 0) is 13.2 Å². The second-order valence-corrected chi connectivity index (χ2v) is 7.84. The van der Waals surface area contributed by atoms with Crippen molar-refractivity contribution >= 4 is 44.8 Å². The van der Waals surface area contributed by atoms with Gasteiger partial charge in [0.25, 0.3) is 0 Å². The lowest BCUT2D eigenvalue weighted by atomic mass is 10.2. The van der Waals surface area contributed by atoms with Crippen LogP contribution in [-0.4, -0.2) is 6.61 Å². The van der Waals surface area contributed by atoms with Crippen molar-refractivity contribution in [1.82, 2.24) is 0 Å². The summed E-state index contributed by atoms with van der Waals surface area (Å²) in [7, 11) is 0. The summed E-state index contributed by atoms with van der Waals surface area (Å²) in [5.74, 6) is 1.45. The Kier molecular flexibility index (Phi) is 7.49. The summed E-state index contributed by atoms with van der Waals surface area (Å²) in [6.45, 7) is 3.64. The Labute approximate surface area is 183 Å². The van der Waals surface area contributed by atoms with Crippen LogP contribution in [0.3, 0.4) is 0 Å². The van der Waals surface area contributed by atoms with Crippen molar-refractivity contribution in [3.8, 4) is 11.5 Å². The van der Waals surface area contributed by atoms with E-state index in [1.807, 2.05) is 61.5 Å². The second-order valence-electron chi connectivity index (χ2n) is 6.11. The third kappa shape index (κ3) is 5.81. The Balaban J connectivity index is 1.67. The average molecular weight is 481 g/mol. The van der Waals surface area contributed by atoms with Crippen molar-refractivity contribution in [1.29, 1.82) is 0 Å². The van der Waals surface area contributed by atoms with Crippen molar-refractivity contribution in [2.75, 3.05) is 11.9 Å². The van der Waals surface area contributed by atoms with E-state index in [1.54, 1.807) is 6.07 Å². The summed E-state index contributed by atoms with van der Waals surface area (Å²) in [5.41, 5.74) is 3.07. The minimum absolute atomic E-state index is 0.480. The fraction of sp³-hybridized carbons (Fsp3) is 0.182. The number of ether oxygens (including phenoxy) is 2. The number of benzene rings is 3. The molecule has 28 heavy (non-hydrogen) atoms. The smallest absolute Gasteiger partial charge is 0.161 e. The topological polar surface area (TPSA) is 30.5 Å². The maximum absolute atomic E-state index is 6.07. The molecule has 0 bridgehead atoms. The minimum atomic E-state index is 0.480. The molecule has 0 aliphatic carbocycles. The van der Waals surface area contributed by atoms with E-state index < -0.39 is 0 Å². The molecule has 1 N–H and O–H groups in total. The summed E-state index contributed by atoms with van der Waals surface area (Å²) in [6, 6.07) is 19.5. The van der Waals surface area contributed by atoms with Crippen molar-refractivity contribution in [2.45, 2.75) is 20.1 Å². The molecule has 6 heteroatoms. The highest BCUT2D eigenvalue weighted by Gasteiger charge is 2.08. The predicted molar refractivity (Wildman–Crippen MR) is 120 cm³/mol. The van der Waals surface area contributed by atoms with Gasteiger partial charge in [0.1, 0.15) is 6.61 Å². The molecule has 0 unspecified atom stereocenters. The molecule has 0 radical (unpaired) electrons. The fourth-order valence-corrected chi connectivity index (χ4v) is 3.16. The third-order valence-corrected chi connectivity index (χ3v) is 5.30. The standard InChI is InChI=1S/C22H20BrCl2NO2/c1-2-27-22-11-16(13-26-18-8-9-19(24)20(25)12-18)5-10-21(22)28-14-15-3-6-17(23)7-4-15/h3-12,26H,2,13-14H2,1H3. The normalized spacial score (nSPS) is 10.6. The molecule has 0 aliphatic rings. The molecule has 3 aromatic carbocycles. The second kappa shape index (κ2) is 10.1. The Hall–Kier alpha value is -1.88. The first-order valence-corrected chi connectivity index (χ1v) is 10.4. The molecule has 0 atom stereocenters. The number of halogens is 3. The van der Waals surface area contributed by atoms with Gasteiger partial charge in [0.05, 0.1) is 16.7 Å². The maximum atomic E-state index is 6.07. The first-order chi connectivity index (χ1) is 13.5. The van der Waals surface area contributed by atoms with Crippen molar-refractivity contribution in [3.63, 3.8) is 0 Å². The first kappa shape index (κ1) is 20.8. The molecule has 3 rings (SSSR count). The zero-order valence-electron chi connectivity index (χ0n) is 15.3. The summed E-state index contributed by atoms with van der Waals surface area (Å²) in [4.78, 5) is 0. The van der Waals surface area contributed by atoms with Crippen LogP contribution in [0, 0.1) is 0 Å². The van der Waals surface area contributed by atoms with Crippen LogP contribution < -0.4 is 14.8 Å². The van der Waals surface area contributed by atoms with Crippen molar-refractivity contribution in [2.24, 2.45) is 0 Å². The number of hydrogen-bond donors (Lipinski definition) is 1. The van der Waals surface area contributed by atoms with E-state index in [0.29, 0.717) is 29.8 Å². The molecular weight excluding hydrogens is 461 g/mol. The van der Waals surface area contributed by atoms with E-state index in [-0.39, 0.29) is 0 Å². The van der Waals surface area contributed by atoms with E-state index in [4.69, 9.17) is 32.7 Å². The predicted octanol–water partition coefficient (Wildman–Crippen LogP) is 7.35. The van der Waals surface area contributed by atoms with Crippen LogP contribution in [0.5, 0.6) is 11.5 Å². The highest BCUT2D eigenvalue weighted by molar-refractivity contribution is 9.10. The van der Waals surface area contributed by atoms with Gasteiger partial charge in [-0.05, 0) is 60.5 Å². The molecule has 0 spiro atoms. The van der Waals surface area contributed by atoms with Crippen LogP contribution in [0.25, 0.3) is 0 Å². The molecular formula is C22H20BrCl2NO2. The summed E-state index contributed by atoms with van der Waals surface area (Å²) in [5, 5.41) is 4.40. The molecule has 0 saturated heterocycles. The lowest BCUT2D eigenvalue weighted by Crippen LogP contribution is -2.03. The SMILES string of the molecule is CCOc1cc(CNc2ccc(Cl)c(Cl)c2)ccc1OCc1ccc(Br)cc1. The average Bonchev–Trinajstić information content (AvgIpc) is 2.69. The van der Waals surface area contributed by atoms with E-state index in [9.17, 15) is 0 Å². The van der Waals surface area contributed by atoms with Gasteiger partial charge in [-0.15, -0.1) is 0 Å². The van der Waals surface area contributed by atoms with Crippen LogP contribution in [0.4, 0.5) is 5.69 Å². The Morgan fingerprint density at radius 1 is 0.821 bits per heavy atom. The maximum Gasteiger partial charge on any atom is 0.161 e. The summed E-state index contributed by atoms with van der Waals surface area (Å²) >= 11 is 15.5. The van der Waals surface area contributed by atoms with Crippen LogP contribution in [0.15, 0.2) is 65.1 Å². The van der Waals surface area contributed by atoms with Gasteiger partial charge in [-0.1, -0.05) is 57.3 Å². The molecule has 3 aromatic rings. The molecule has 146 valence electrons. The number of hydrogen-bond acceptors (Lipinski definition) is 3. The molecule has 0 aliphatic heterocycles. The molecule has 0 fully saturated rings. The third-order valence-electron chi connectivity index (χ3n) is 4.03. The summed E-state index contributed by atoms with van der Waals surface area (Å²) < 4.78 is 12.8. The van der Waals surface area contributed by atoms with Gasteiger partial charge in [0.2, 0.25) is 0 Å². The van der Waals surface area contributed by atoms with E-state index in [1.165, 1.54) is 0 Å². The Morgan fingerprint density at radius 2 is 1.57 bits per heavy atom. The summed E-state index contributed by atoms with van der Waals surface area (Å²) in [6.07, 6.45) is 0. The van der Waals surface area contributed by atoms with Gasteiger partial charge < -0.3 is 14.8 Å². The number of anilines is 1. The van der Waals surface area contributed by atoms with Gasteiger partial charge in [-0.2, -0.15) is 0 Å². The van der Waals surface area contributed by atoms with E-state index in [0.717, 1.165) is 32.8 Å². The zero-order chi connectivity index (χ0) is 19.9. The minimum Gasteiger partial charge on any atom is -0.490 e. The highest BCUT2D eigenvalue weighted by atomic mass is 79.9. The van der Waals surface area contributed by atoms with Gasteiger partial charge >= 0.3 is 0 Å². The van der Waals surface area contributed by atoms with Crippen molar-refractivity contribution < 1.29 is 9.47 Å². The molecule has 0 amide bonds. The van der Waals surface area contributed by atoms with Crippen LogP contribution in [0.1, 0.15) is 18.1 Å². The van der Waals surface area contributed by atoms with Gasteiger partial charge in [0.15, 0.2) is 11.5 Å². The Bertz CT molecular complexity index is 932. The monoisotopic (exact) mass is 479 g/mol. The van der Waals surface area contributed by atoms with Crippen LogP contribution >= 0.6 is 39.1 Å². The largest absolute Gasteiger partial charge is 0.490 e. The quantitative estimate of drug-likeness (QED) is 0.365. The van der Waals surface area contributed by atoms with Crippen molar-refractivity contribution in [3.05, 3.63) is 86.3 Å². The van der Waals surface area contributed by atoms with Gasteiger partial charge in [-0.3, -0.25) is 0 Å². The van der Waals surface area contributed by atoms with Gasteiger partial charge in [0, 0.05) is 16.7 Å². The zero-order valence-corrected chi connectivity index (χ0v) is 18.4. The molecule has 0 saturated carbocycles. The lowest BCUT2D eigenvalue weighted by molar-refractivity contribution is 0.269. The van der Waals surface area contributed by atoms with E-state index >= 15 is 0 Å². The van der Waals surface area contributed by atoms with Gasteiger partial charge in [-0.25, -0.2) is 0 Å². The van der Waals surface area contributed by atoms with Crippen LogP contribution in [0.2, 0.25) is 10.0 Å². The highest BCUT2D eigenvalue weighted by Crippen LogP contribution is 2.30. The molecule has 0 aromatic heterocycles. The fourth-order valence-electron chi connectivity index (χ4n) is 2.60. The number of nitrogens with one attached hydrogen (secondary N) is 1.